The van der Waals surface area contributed by atoms with E-state index in [9.17, 15) is 9.59 Å². The monoisotopic (exact) mass is 378 g/mol. The highest BCUT2D eigenvalue weighted by Crippen LogP contribution is 2.26. The van der Waals surface area contributed by atoms with Crippen LogP contribution in [0.5, 0.6) is 0 Å². The highest BCUT2D eigenvalue weighted by Gasteiger charge is 2.11. The Labute approximate surface area is 155 Å². The summed E-state index contributed by atoms with van der Waals surface area (Å²) in [6.07, 6.45) is 1.02. The van der Waals surface area contributed by atoms with Crippen LogP contribution in [0.4, 0.5) is 10.8 Å². The molecule has 0 aliphatic rings. The number of amides is 1. The predicted molar refractivity (Wildman–Crippen MR) is 104 cm³/mol. The number of nitrogens with one attached hydrogen (secondary N) is 2. The van der Waals surface area contributed by atoms with Crippen LogP contribution in [0.15, 0.2) is 28.6 Å². The molecular weight excluding hydrogens is 356 g/mol. The molecule has 1 heterocycles. The van der Waals surface area contributed by atoms with Crippen molar-refractivity contribution in [1.82, 2.24) is 10.2 Å². The summed E-state index contributed by atoms with van der Waals surface area (Å²) in [4.78, 5) is 23.9. The Balaban J connectivity index is 1.86. The second kappa shape index (κ2) is 9.53. The maximum atomic E-state index is 12.3. The molecule has 0 fully saturated rings. The Bertz CT molecular complexity index is 714. The van der Waals surface area contributed by atoms with Crippen molar-refractivity contribution >= 4 is 45.6 Å². The van der Waals surface area contributed by atoms with E-state index in [1.165, 1.54) is 23.1 Å². The van der Waals surface area contributed by atoms with E-state index in [-0.39, 0.29) is 17.6 Å². The zero-order valence-corrected chi connectivity index (χ0v) is 16.2. The SMILES string of the molecule is CCCNc1nnc(SCC(=O)c2ccc(NC(=O)C(C)C)cc2)s1. The molecule has 1 aromatic heterocycles. The van der Waals surface area contributed by atoms with E-state index < -0.39 is 0 Å². The van der Waals surface area contributed by atoms with Crippen LogP contribution in [0.3, 0.4) is 0 Å². The summed E-state index contributed by atoms with van der Waals surface area (Å²) in [6, 6.07) is 6.95. The van der Waals surface area contributed by atoms with Crippen LogP contribution in [0.25, 0.3) is 0 Å². The van der Waals surface area contributed by atoms with Gasteiger partial charge >= 0.3 is 0 Å². The quantitative estimate of drug-likeness (QED) is 0.508. The Morgan fingerprint density at radius 3 is 2.56 bits per heavy atom. The Kier molecular flexibility index (Phi) is 7.39. The van der Waals surface area contributed by atoms with Gasteiger partial charge in [0.15, 0.2) is 10.1 Å². The lowest BCUT2D eigenvalue weighted by Gasteiger charge is -2.08. The number of rotatable bonds is 9. The van der Waals surface area contributed by atoms with E-state index in [2.05, 4.69) is 27.8 Å². The molecule has 0 aliphatic heterocycles. The largest absolute Gasteiger partial charge is 0.360 e. The predicted octanol–water partition coefficient (Wildman–Crippen LogP) is 3.93. The molecule has 0 radical (unpaired) electrons. The number of nitrogens with zero attached hydrogens (tertiary/aromatic N) is 2. The van der Waals surface area contributed by atoms with E-state index in [1.54, 1.807) is 24.3 Å². The zero-order valence-electron chi connectivity index (χ0n) is 14.5. The van der Waals surface area contributed by atoms with Gasteiger partial charge < -0.3 is 10.6 Å². The van der Waals surface area contributed by atoms with Gasteiger partial charge in [-0.05, 0) is 30.7 Å². The molecule has 0 aliphatic carbocycles. The molecule has 8 heteroatoms. The summed E-state index contributed by atoms with van der Waals surface area (Å²) in [5.74, 6) is 0.199. The maximum Gasteiger partial charge on any atom is 0.226 e. The number of aromatic nitrogens is 2. The van der Waals surface area contributed by atoms with Gasteiger partial charge in [-0.3, -0.25) is 9.59 Å². The summed E-state index contributed by atoms with van der Waals surface area (Å²) >= 11 is 2.83. The van der Waals surface area contributed by atoms with Crippen molar-refractivity contribution < 1.29 is 9.59 Å². The molecule has 2 N–H and O–H groups in total. The minimum absolute atomic E-state index is 0.0185. The summed E-state index contributed by atoms with van der Waals surface area (Å²) in [5.41, 5.74) is 1.31. The van der Waals surface area contributed by atoms with Crippen LogP contribution in [0.1, 0.15) is 37.6 Å². The second-order valence-corrected chi connectivity index (χ2v) is 7.93. The second-order valence-electron chi connectivity index (χ2n) is 5.73. The molecule has 0 unspecified atom stereocenters. The number of hydrogen-bond acceptors (Lipinski definition) is 7. The summed E-state index contributed by atoms with van der Waals surface area (Å²) in [6.45, 7) is 6.61. The van der Waals surface area contributed by atoms with Crippen molar-refractivity contribution in [2.75, 3.05) is 22.9 Å². The van der Waals surface area contributed by atoms with Crippen LogP contribution < -0.4 is 10.6 Å². The summed E-state index contributed by atoms with van der Waals surface area (Å²) in [7, 11) is 0. The first kappa shape index (κ1) is 19.4. The third-order valence-corrected chi connectivity index (χ3v) is 5.27. The van der Waals surface area contributed by atoms with Crippen LogP contribution in [0.2, 0.25) is 0 Å². The molecule has 2 rings (SSSR count). The lowest BCUT2D eigenvalue weighted by molar-refractivity contribution is -0.118. The minimum Gasteiger partial charge on any atom is -0.360 e. The van der Waals surface area contributed by atoms with Gasteiger partial charge in [0.1, 0.15) is 0 Å². The molecule has 1 aromatic carbocycles. The van der Waals surface area contributed by atoms with Crippen LogP contribution in [-0.4, -0.2) is 34.2 Å². The third kappa shape index (κ3) is 6.13. The number of thioether (sulfide) groups is 1. The highest BCUT2D eigenvalue weighted by molar-refractivity contribution is 8.01. The molecule has 134 valence electrons. The topological polar surface area (TPSA) is 84.0 Å². The Morgan fingerprint density at radius 2 is 1.92 bits per heavy atom. The smallest absolute Gasteiger partial charge is 0.226 e. The van der Waals surface area contributed by atoms with Gasteiger partial charge in [-0.15, -0.1) is 10.2 Å². The fraction of sp³-hybridized carbons (Fsp3) is 0.412. The molecule has 2 aromatic rings. The summed E-state index contributed by atoms with van der Waals surface area (Å²) < 4.78 is 0.771. The van der Waals surface area contributed by atoms with E-state index in [1.807, 2.05) is 13.8 Å². The molecule has 25 heavy (non-hydrogen) atoms. The van der Waals surface area contributed by atoms with Crippen molar-refractivity contribution in [2.24, 2.45) is 5.92 Å². The van der Waals surface area contributed by atoms with Crippen molar-refractivity contribution in [3.8, 4) is 0 Å². The zero-order chi connectivity index (χ0) is 18.2. The van der Waals surface area contributed by atoms with Crippen LogP contribution in [0, 0.1) is 5.92 Å². The van der Waals surface area contributed by atoms with Crippen molar-refractivity contribution in [3.05, 3.63) is 29.8 Å². The third-order valence-electron chi connectivity index (χ3n) is 3.26. The first-order valence-electron chi connectivity index (χ1n) is 8.14. The fourth-order valence-corrected chi connectivity index (χ4v) is 3.48. The van der Waals surface area contributed by atoms with Crippen molar-refractivity contribution in [3.63, 3.8) is 0 Å². The number of hydrogen-bond donors (Lipinski definition) is 2. The molecular formula is C17H22N4O2S2. The molecule has 0 spiro atoms. The number of benzene rings is 1. The molecule has 0 saturated carbocycles. The standard InChI is InChI=1S/C17H22N4O2S2/c1-4-9-18-16-20-21-17(25-16)24-10-14(22)12-5-7-13(8-6-12)19-15(23)11(2)3/h5-8,11H,4,9-10H2,1-3H3,(H,18,20)(H,19,23). The van der Waals surface area contributed by atoms with Gasteiger partial charge in [-0.25, -0.2) is 0 Å². The van der Waals surface area contributed by atoms with Crippen LogP contribution >= 0.6 is 23.1 Å². The molecule has 0 bridgehead atoms. The van der Waals surface area contributed by atoms with E-state index in [4.69, 9.17) is 0 Å². The average Bonchev–Trinajstić information content (AvgIpc) is 3.06. The fourth-order valence-electron chi connectivity index (χ4n) is 1.81. The normalized spacial score (nSPS) is 10.7. The molecule has 1 amide bonds. The first-order chi connectivity index (χ1) is 12.0. The van der Waals surface area contributed by atoms with Crippen LogP contribution in [-0.2, 0) is 4.79 Å². The molecule has 0 atom stereocenters. The number of carbonyl (C=O) groups excluding carboxylic acids is 2. The highest BCUT2D eigenvalue weighted by atomic mass is 32.2. The van der Waals surface area contributed by atoms with E-state index in [0.29, 0.717) is 17.0 Å². The number of ketones is 1. The van der Waals surface area contributed by atoms with Gasteiger partial charge in [0.25, 0.3) is 0 Å². The Morgan fingerprint density at radius 1 is 1.20 bits per heavy atom. The maximum absolute atomic E-state index is 12.3. The number of Topliss-reactive ketones (excluding diaryl/α,β-unsaturated/α-hetero) is 1. The van der Waals surface area contributed by atoms with Gasteiger partial charge in [0, 0.05) is 23.7 Å². The van der Waals surface area contributed by atoms with Crippen molar-refractivity contribution in [2.45, 2.75) is 31.5 Å². The average molecular weight is 379 g/mol. The first-order valence-corrected chi connectivity index (χ1v) is 9.94. The van der Waals surface area contributed by atoms with Gasteiger partial charge in [-0.2, -0.15) is 0 Å². The lowest BCUT2D eigenvalue weighted by atomic mass is 10.1. The van der Waals surface area contributed by atoms with E-state index >= 15 is 0 Å². The van der Waals surface area contributed by atoms with E-state index in [0.717, 1.165) is 22.4 Å². The number of carbonyl (C=O) groups is 2. The molecule has 6 nitrogen and oxygen atoms in total. The summed E-state index contributed by atoms with van der Waals surface area (Å²) in [5, 5.41) is 14.9. The molecule has 0 saturated heterocycles. The minimum atomic E-state index is -0.0821. The number of anilines is 2. The van der Waals surface area contributed by atoms with Gasteiger partial charge in [0.2, 0.25) is 11.0 Å². The van der Waals surface area contributed by atoms with Gasteiger partial charge in [-0.1, -0.05) is 43.9 Å². The Hall–Kier alpha value is -1.93. The van der Waals surface area contributed by atoms with Gasteiger partial charge in [0.05, 0.1) is 5.75 Å². The lowest BCUT2D eigenvalue weighted by Crippen LogP contribution is -2.17. The van der Waals surface area contributed by atoms with Crippen molar-refractivity contribution in [1.29, 1.82) is 0 Å².